The number of hydrazone groups is 1. The summed E-state index contributed by atoms with van der Waals surface area (Å²) in [6, 6.07) is 26.4. The molecular formula is C26H28N2O2. The van der Waals surface area contributed by atoms with Gasteiger partial charge in [0, 0.05) is 13.1 Å². The molecule has 1 saturated heterocycles. The number of ether oxygens (including phenoxy) is 2. The number of rotatable bonds is 8. The van der Waals surface area contributed by atoms with Gasteiger partial charge in [0.05, 0.1) is 6.21 Å². The highest BCUT2D eigenvalue weighted by Crippen LogP contribution is 2.30. The minimum absolute atomic E-state index is 0.495. The van der Waals surface area contributed by atoms with Crippen LogP contribution in [0.5, 0.6) is 11.5 Å². The van der Waals surface area contributed by atoms with E-state index in [1.165, 1.54) is 19.3 Å². The molecule has 3 aromatic carbocycles. The van der Waals surface area contributed by atoms with Crippen molar-refractivity contribution in [3.8, 4) is 11.5 Å². The van der Waals surface area contributed by atoms with Crippen LogP contribution in [0.3, 0.4) is 0 Å². The molecule has 0 N–H and O–H groups in total. The summed E-state index contributed by atoms with van der Waals surface area (Å²) < 4.78 is 12.2. The summed E-state index contributed by atoms with van der Waals surface area (Å²) in [5.41, 5.74) is 3.26. The maximum atomic E-state index is 6.14. The first-order valence-electron chi connectivity index (χ1n) is 10.6. The van der Waals surface area contributed by atoms with Crippen molar-refractivity contribution in [2.24, 2.45) is 5.10 Å². The van der Waals surface area contributed by atoms with Crippen molar-refractivity contribution in [1.29, 1.82) is 0 Å². The van der Waals surface area contributed by atoms with Gasteiger partial charge in [-0.3, -0.25) is 5.01 Å². The molecule has 0 aromatic heterocycles. The third-order valence-electron chi connectivity index (χ3n) is 5.14. The highest BCUT2D eigenvalue weighted by molar-refractivity contribution is 5.80. The van der Waals surface area contributed by atoms with Gasteiger partial charge in [0.1, 0.15) is 13.2 Å². The van der Waals surface area contributed by atoms with E-state index in [-0.39, 0.29) is 0 Å². The second-order valence-corrected chi connectivity index (χ2v) is 7.51. The van der Waals surface area contributed by atoms with Gasteiger partial charge in [-0.2, -0.15) is 5.10 Å². The zero-order chi connectivity index (χ0) is 20.4. The van der Waals surface area contributed by atoms with Crippen LogP contribution in [0.2, 0.25) is 0 Å². The van der Waals surface area contributed by atoms with Gasteiger partial charge >= 0.3 is 0 Å². The molecule has 4 heteroatoms. The third kappa shape index (κ3) is 5.86. The van der Waals surface area contributed by atoms with Crippen molar-refractivity contribution in [1.82, 2.24) is 5.01 Å². The average Bonchev–Trinajstić information content (AvgIpc) is 2.82. The second kappa shape index (κ2) is 10.5. The van der Waals surface area contributed by atoms with Crippen LogP contribution in [0.1, 0.15) is 36.0 Å². The lowest BCUT2D eigenvalue weighted by atomic mass is 10.2. The zero-order valence-corrected chi connectivity index (χ0v) is 17.2. The molecule has 0 atom stereocenters. The van der Waals surface area contributed by atoms with Crippen molar-refractivity contribution in [3.63, 3.8) is 0 Å². The topological polar surface area (TPSA) is 34.1 Å². The molecule has 0 bridgehead atoms. The largest absolute Gasteiger partial charge is 0.485 e. The maximum absolute atomic E-state index is 6.14. The number of hydrogen-bond acceptors (Lipinski definition) is 4. The van der Waals surface area contributed by atoms with Gasteiger partial charge in [0.2, 0.25) is 0 Å². The SMILES string of the molecule is C(=N/N1CCCCC1)/c1ccc(OCc2ccccc2)c(OCc2ccccc2)c1. The Morgan fingerprint density at radius 1 is 0.700 bits per heavy atom. The van der Waals surface area contributed by atoms with E-state index >= 15 is 0 Å². The van der Waals surface area contributed by atoms with Crippen LogP contribution in [0.15, 0.2) is 84.0 Å². The van der Waals surface area contributed by atoms with E-state index in [1.54, 1.807) is 0 Å². The van der Waals surface area contributed by atoms with Crippen LogP contribution >= 0.6 is 0 Å². The monoisotopic (exact) mass is 400 g/mol. The Bertz CT molecular complexity index is 936. The van der Waals surface area contributed by atoms with E-state index in [9.17, 15) is 0 Å². The van der Waals surface area contributed by atoms with Crippen molar-refractivity contribution < 1.29 is 9.47 Å². The van der Waals surface area contributed by atoms with Crippen LogP contribution in [0.4, 0.5) is 0 Å². The minimum atomic E-state index is 0.495. The van der Waals surface area contributed by atoms with Crippen molar-refractivity contribution in [2.75, 3.05) is 13.1 Å². The molecule has 0 saturated carbocycles. The summed E-state index contributed by atoms with van der Waals surface area (Å²) in [7, 11) is 0. The minimum Gasteiger partial charge on any atom is -0.485 e. The fourth-order valence-electron chi connectivity index (χ4n) is 3.45. The Labute approximate surface area is 178 Å². The van der Waals surface area contributed by atoms with E-state index in [0.29, 0.717) is 13.2 Å². The van der Waals surface area contributed by atoms with E-state index < -0.39 is 0 Å². The van der Waals surface area contributed by atoms with Gasteiger partial charge in [-0.05, 0) is 54.2 Å². The zero-order valence-electron chi connectivity index (χ0n) is 17.2. The molecule has 1 aliphatic heterocycles. The van der Waals surface area contributed by atoms with Gasteiger partial charge in [0.25, 0.3) is 0 Å². The van der Waals surface area contributed by atoms with Crippen LogP contribution in [0.25, 0.3) is 0 Å². The molecule has 4 rings (SSSR count). The lowest BCUT2D eigenvalue weighted by Crippen LogP contribution is -2.24. The lowest BCUT2D eigenvalue weighted by Gasteiger charge is -2.23. The highest BCUT2D eigenvalue weighted by Gasteiger charge is 2.09. The van der Waals surface area contributed by atoms with E-state index in [1.807, 2.05) is 60.8 Å². The number of hydrogen-bond donors (Lipinski definition) is 0. The van der Waals surface area contributed by atoms with Crippen LogP contribution in [-0.4, -0.2) is 24.3 Å². The van der Waals surface area contributed by atoms with Gasteiger partial charge < -0.3 is 9.47 Å². The normalized spacial score (nSPS) is 14.1. The first-order valence-corrected chi connectivity index (χ1v) is 10.6. The number of nitrogens with zero attached hydrogens (tertiary/aromatic N) is 2. The Morgan fingerprint density at radius 2 is 1.30 bits per heavy atom. The molecule has 3 aromatic rings. The maximum Gasteiger partial charge on any atom is 0.162 e. The fraction of sp³-hybridized carbons (Fsp3) is 0.269. The van der Waals surface area contributed by atoms with E-state index in [2.05, 4.69) is 34.4 Å². The molecule has 0 aliphatic carbocycles. The second-order valence-electron chi connectivity index (χ2n) is 7.51. The highest BCUT2D eigenvalue weighted by atomic mass is 16.5. The molecule has 0 spiro atoms. The average molecular weight is 401 g/mol. The third-order valence-corrected chi connectivity index (χ3v) is 5.14. The van der Waals surface area contributed by atoms with Gasteiger partial charge in [-0.1, -0.05) is 60.7 Å². The van der Waals surface area contributed by atoms with Crippen LogP contribution < -0.4 is 9.47 Å². The molecule has 0 amide bonds. The Kier molecular flexibility index (Phi) is 7.00. The summed E-state index contributed by atoms with van der Waals surface area (Å²) in [6.07, 6.45) is 5.66. The van der Waals surface area contributed by atoms with Gasteiger partial charge in [-0.25, -0.2) is 0 Å². The number of piperidine rings is 1. The summed E-state index contributed by atoms with van der Waals surface area (Å²) in [5, 5.41) is 6.79. The lowest BCUT2D eigenvalue weighted by molar-refractivity contribution is 0.240. The molecule has 154 valence electrons. The molecule has 30 heavy (non-hydrogen) atoms. The standard InChI is InChI=1S/C26H28N2O2/c1-4-10-22(11-5-1)20-29-25-15-14-24(19-27-28-16-8-3-9-17-28)18-26(25)30-21-23-12-6-2-7-13-23/h1-2,4-7,10-15,18-19H,3,8-9,16-17,20-21H2/b27-19-. The Hall–Kier alpha value is -3.27. The molecule has 1 heterocycles. The predicted octanol–water partition coefficient (Wildman–Crippen LogP) is 5.66. The quantitative estimate of drug-likeness (QED) is 0.457. The predicted molar refractivity (Wildman–Crippen MR) is 121 cm³/mol. The Morgan fingerprint density at radius 3 is 1.93 bits per heavy atom. The van der Waals surface area contributed by atoms with Crippen molar-refractivity contribution >= 4 is 6.21 Å². The van der Waals surface area contributed by atoms with E-state index in [4.69, 9.17) is 9.47 Å². The van der Waals surface area contributed by atoms with Crippen molar-refractivity contribution in [3.05, 3.63) is 95.6 Å². The first-order chi connectivity index (χ1) is 14.9. The molecule has 1 fully saturated rings. The molecule has 4 nitrogen and oxygen atoms in total. The fourth-order valence-corrected chi connectivity index (χ4v) is 3.45. The summed E-state index contributed by atoms with van der Waals surface area (Å²) in [6.45, 7) is 3.07. The summed E-state index contributed by atoms with van der Waals surface area (Å²) in [5.74, 6) is 1.47. The molecule has 0 unspecified atom stereocenters. The summed E-state index contributed by atoms with van der Waals surface area (Å²) >= 11 is 0. The van der Waals surface area contributed by atoms with E-state index in [0.717, 1.165) is 41.3 Å². The van der Waals surface area contributed by atoms with Gasteiger partial charge in [0.15, 0.2) is 11.5 Å². The first kappa shape index (κ1) is 20.0. The summed E-state index contributed by atoms with van der Waals surface area (Å²) in [4.78, 5) is 0. The molecule has 1 aliphatic rings. The van der Waals surface area contributed by atoms with Crippen LogP contribution in [-0.2, 0) is 13.2 Å². The number of benzene rings is 3. The van der Waals surface area contributed by atoms with Gasteiger partial charge in [-0.15, -0.1) is 0 Å². The smallest absolute Gasteiger partial charge is 0.162 e. The molecule has 0 radical (unpaired) electrons. The Balaban J connectivity index is 1.49. The van der Waals surface area contributed by atoms with Crippen molar-refractivity contribution in [2.45, 2.75) is 32.5 Å². The van der Waals surface area contributed by atoms with Crippen LogP contribution in [0, 0.1) is 0 Å². The molecular weight excluding hydrogens is 372 g/mol.